The number of aryl methyl sites for hydroxylation is 1. The minimum absolute atomic E-state index is 0.544. The van der Waals surface area contributed by atoms with Gasteiger partial charge in [0.15, 0.2) is 0 Å². The van der Waals surface area contributed by atoms with Gasteiger partial charge in [0.25, 0.3) is 0 Å². The second-order valence-corrected chi connectivity index (χ2v) is 7.53. The minimum Gasteiger partial charge on any atom is -0.378 e. The molecule has 1 aliphatic heterocycles. The lowest BCUT2D eigenvalue weighted by Gasteiger charge is -2.28. The number of benzene rings is 1. The van der Waals surface area contributed by atoms with Crippen molar-refractivity contribution >= 4 is 17.3 Å². The van der Waals surface area contributed by atoms with E-state index in [1.54, 1.807) is 12.4 Å². The molecule has 0 atom stereocenters. The van der Waals surface area contributed by atoms with Crippen molar-refractivity contribution in [3.05, 3.63) is 67.3 Å². The van der Waals surface area contributed by atoms with Crippen molar-refractivity contribution in [2.75, 3.05) is 36.5 Å². The Bertz CT molecular complexity index is 1170. The minimum atomic E-state index is 0.544. The van der Waals surface area contributed by atoms with E-state index in [1.807, 2.05) is 35.3 Å². The standard InChI is InChI=1S/C24H25N7O/c1-2-31-17-21(23(29-31)18-4-3-10-25-16-18)22-9-11-26-24(28-22)27-19-5-7-20(8-6-19)30-12-14-32-15-13-30/h3-11,16-17H,2,12-15H2,1H3,(H,26,27,28). The summed E-state index contributed by atoms with van der Waals surface area (Å²) in [6, 6.07) is 14.2. The Morgan fingerprint density at radius 2 is 1.88 bits per heavy atom. The highest BCUT2D eigenvalue weighted by Gasteiger charge is 2.15. The Morgan fingerprint density at radius 1 is 1.03 bits per heavy atom. The topological polar surface area (TPSA) is 81.0 Å². The van der Waals surface area contributed by atoms with Gasteiger partial charge in [-0.25, -0.2) is 9.97 Å². The lowest BCUT2D eigenvalue weighted by atomic mass is 10.1. The first-order valence-electron chi connectivity index (χ1n) is 10.8. The maximum atomic E-state index is 5.44. The van der Waals surface area contributed by atoms with Crippen LogP contribution in [0.4, 0.5) is 17.3 Å². The van der Waals surface area contributed by atoms with Gasteiger partial charge >= 0.3 is 0 Å². The smallest absolute Gasteiger partial charge is 0.227 e. The zero-order valence-electron chi connectivity index (χ0n) is 18.0. The Balaban J connectivity index is 1.39. The second kappa shape index (κ2) is 9.15. The summed E-state index contributed by atoms with van der Waals surface area (Å²) in [6.45, 7) is 6.23. The van der Waals surface area contributed by atoms with E-state index in [2.05, 4.69) is 51.4 Å². The van der Waals surface area contributed by atoms with Gasteiger partial charge in [-0.05, 0) is 49.4 Å². The van der Waals surface area contributed by atoms with E-state index >= 15 is 0 Å². The molecule has 0 spiro atoms. The van der Waals surface area contributed by atoms with Crippen LogP contribution >= 0.6 is 0 Å². The number of nitrogens with zero attached hydrogens (tertiary/aromatic N) is 6. The van der Waals surface area contributed by atoms with Crippen LogP contribution in [0.5, 0.6) is 0 Å². The van der Waals surface area contributed by atoms with E-state index < -0.39 is 0 Å². The third-order valence-electron chi connectivity index (χ3n) is 5.45. The predicted molar refractivity (Wildman–Crippen MR) is 125 cm³/mol. The van der Waals surface area contributed by atoms with Crippen molar-refractivity contribution in [3.63, 3.8) is 0 Å². The summed E-state index contributed by atoms with van der Waals surface area (Å²) in [7, 11) is 0. The summed E-state index contributed by atoms with van der Waals surface area (Å²) < 4.78 is 7.35. The molecule has 0 amide bonds. The molecule has 1 saturated heterocycles. The van der Waals surface area contributed by atoms with E-state index in [1.165, 1.54) is 5.69 Å². The van der Waals surface area contributed by atoms with Crippen LogP contribution in [-0.2, 0) is 11.3 Å². The first-order valence-corrected chi connectivity index (χ1v) is 10.8. The fourth-order valence-electron chi connectivity index (χ4n) is 3.76. The molecule has 0 radical (unpaired) electrons. The summed E-state index contributed by atoms with van der Waals surface area (Å²) in [4.78, 5) is 15.7. The van der Waals surface area contributed by atoms with Crippen molar-refractivity contribution in [2.24, 2.45) is 0 Å². The molecule has 32 heavy (non-hydrogen) atoms. The molecule has 4 heterocycles. The third kappa shape index (κ3) is 4.31. The number of hydrogen-bond donors (Lipinski definition) is 1. The Hall–Kier alpha value is -3.78. The number of aromatic nitrogens is 5. The van der Waals surface area contributed by atoms with E-state index in [-0.39, 0.29) is 0 Å². The number of rotatable bonds is 6. The van der Waals surface area contributed by atoms with Crippen LogP contribution in [-0.4, -0.2) is 51.0 Å². The molecular weight excluding hydrogens is 402 g/mol. The van der Waals surface area contributed by atoms with Gasteiger partial charge in [0, 0.05) is 66.9 Å². The van der Waals surface area contributed by atoms with Gasteiger partial charge in [-0.15, -0.1) is 0 Å². The number of hydrogen-bond acceptors (Lipinski definition) is 7. The van der Waals surface area contributed by atoms with Crippen molar-refractivity contribution in [3.8, 4) is 22.5 Å². The van der Waals surface area contributed by atoms with Gasteiger partial charge < -0.3 is 15.0 Å². The molecule has 1 aliphatic rings. The molecular formula is C24H25N7O. The van der Waals surface area contributed by atoms with Crippen molar-refractivity contribution < 1.29 is 4.74 Å². The quantitative estimate of drug-likeness (QED) is 0.498. The molecule has 3 aromatic heterocycles. The van der Waals surface area contributed by atoms with Crippen molar-refractivity contribution in [2.45, 2.75) is 13.5 Å². The van der Waals surface area contributed by atoms with E-state index in [9.17, 15) is 0 Å². The largest absolute Gasteiger partial charge is 0.378 e. The Morgan fingerprint density at radius 3 is 2.62 bits per heavy atom. The average molecular weight is 428 g/mol. The molecule has 0 saturated carbocycles. The Labute approximate surface area is 186 Å². The van der Waals surface area contributed by atoms with Gasteiger partial charge in [-0.3, -0.25) is 9.67 Å². The van der Waals surface area contributed by atoms with Gasteiger partial charge in [0.05, 0.1) is 18.9 Å². The third-order valence-corrected chi connectivity index (χ3v) is 5.45. The Kier molecular flexibility index (Phi) is 5.76. The highest BCUT2D eigenvalue weighted by molar-refractivity contribution is 5.78. The molecule has 8 nitrogen and oxygen atoms in total. The van der Waals surface area contributed by atoms with E-state index in [4.69, 9.17) is 14.8 Å². The van der Waals surface area contributed by atoms with Crippen molar-refractivity contribution in [1.82, 2.24) is 24.7 Å². The lowest BCUT2D eigenvalue weighted by Crippen LogP contribution is -2.36. The van der Waals surface area contributed by atoms with Crippen LogP contribution < -0.4 is 10.2 Å². The normalized spacial score (nSPS) is 13.8. The number of morpholine rings is 1. The van der Waals surface area contributed by atoms with Crippen molar-refractivity contribution in [1.29, 1.82) is 0 Å². The molecule has 0 unspecified atom stereocenters. The van der Waals surface area contributed by atoms with Crippen LogP contribution in [0, 0.1) is 0 Å². The molecule has 1 N–H and O–H groups in total. The summed E-state index contributed by atoms with van der Waals surface area (Å²) in [5, 5.41) is 8.04. The van der Waals surface area contributed by atoms with Gasteiger partial charge in [-0.2, -0.15) is 5.10 Å². The van der Waals surface area contributed by atoms with Gasteiger partial charge in [0.2, 0.25) is 5.95 Å². The number of ether oxygens (including phenoxy) is 1. The average Bonchev–Trinajstić information content (AvgIpc) is 3.31. The first-order chi connectivity index (χ1) is 15.8. The van der Waals surface area contributed by atoms with Gasteiger partial charge in [0.1, 0.15) is 5.69 Å². The van der Waals surface area contributed by atoms with Crippen LogP contribution in [0.15, 0.2) is 67.3 Å². The molecule has 0 aliphatic carbocycles. The highest BCUT2D eigenvalue weighted by atomic mass is 16.5. The maximum absolute atomic E-state index is 5.44. The summed E-state index contributed by atoms with van der Waals surface area (Å²) in [5.74, 6) is 0.544. The fourth-order valence-corrected chi connectivity index (χ4v) is 3.76. The number of nitrogens with one attached hydrogen (secondary N) is 1. The predicted octanol–water partition coefficient (Wildman–Crippen LogP) is 4.00. The fraction of sp³-hybridized carbons (Fsp3) is 0.250. The van der Waals surface area contributed by atoms with E-state index in [0.29, 0.717) is 5.95 Å². The number of pyridine rings is 1. The van der Waals surface area contributed by atoms with Crippen LogP contribution in [0.25, 0.3) is 22.5 Å². The zero-order chi connectivity index (χ0) is 21.8. The molecule has 5 rings (SSSR count). The lowest BCUT2D eigenvalue weighted by molar-refractivity contribution is 0.122. The molecule has 1 fully saturated rings. The number of anilines is 3. The van der Waals surface area contributed by atoms with Crippen LogP contribution in [0.1, 0.15) is 6.92 Å². The van der Waals surface area contributed by atoms with Crippen LogP contribution in [0.3, 0.4) is 0 Å². The summed E-state index contributed by atoms with van der Waals surface area (Å²) in [6.07, 6.45) is 7.37. The molecule has 8 heteroatoms. The monoisotopic (exact) mass is 427 g/mol. The molecule has 0 bridgehead atoms. The second-order valence-electron chi connectivity index (χ2n) is 7.53. The summed E-state index contributed by atoms with van der Waals surface area (Å²) >= 11 is 0. The highest BCUT2D eigenvalue weighted by Crippen LogP contribution is 2.30. The SMILES string of the molecule is CCn1cc(-c2ccnc(Nc3ccc(N4CCOCC4)cc3)n2)c(-c2cccnc2)n1. The zero-order valence-corrected chi connectivity index (χ0v) is 18.0. The first kappa shape index (κ1) is 20.1. The van der Waals surface area contributed by atoms with Gasteiger partial charge in [-0.1, -0.05) is 0 Å². The molecule has 162 valence electrons. The molecule has 1 aromatic carbocycles. The van der Waals surface area contributed by atoms with E-state index in [0.717, 1.165) is 61.1 Å². The molecule has 4 aromatic rings. The van der Waals surface area contributed by atoms with Crippen LogP contribution in [0.2, 0.25) is 0 Å². The summed E-state index contributed by atoms with van der Waals surface area (Å²) in [5.41, 5.74) is 5.72. The maximum Gasteiger partial charge on any atom is 0.227 e.